The van der Waals surface area contributed by atoms with Crippen molar-refractivity contribution in [3.8, 4) is 0 Å². The fraction of sp³-hybridized carbons (Fsp3) is 0.300. The van der Waals surface area contributed by atoms with Gasteiger partial charge in [0.05, 0.1) is 5.69 Å². The van der Waals surface area contributed by atoms with E-state index in [1.54, 1.807) is 0 Å². The highest BCUT2D eigenvalue weighted by Gasteiger charge is 2.30. The van der Waals surface area contributed by atoms with Crippen molar-refractivity contribution in [2.75, 3.05) is 18.0 Å². The lowest BCUT2D eigenvalue weighted by Gasteiger charge is -2.12. The second-order valence-corrected chi connectivity index (χ2v) is 3.38. The highest BCUT2D eigenvalue weighted by molar-refractivity contribution is 5.89. The van der Waals surface area contributed by atoms with E-state index in [9.17, 15) is 4.79 Å². The highest BCUT2D eigenvalue weighted by atomic mass is 16.4. The molecule has 1 aliphatic heterocycles. The van der Waals surface area contributed by atoms with Crippen molar-refractivity contribution in [1.29, 1.82) is 0 Å². The molecular formula is C10H12N2O2. The summed E-state index contributed by atoms with van der Waals surface area (Å²) in [5.74, 6) is 0.141. The summed E-state index contributed by atoms with van der Waals surface area (Å²) in [5.41, 5.74) is 7.40. The van der Waals surface area contributed by atoms with E-state index in [0.29, 0.717) is 13.1 Å². The van der Waals surface area contributed by atoms with E-state index in [0.717, 1.165) is 11.3 Å². The van der Waals surface area contributed by atoms with Crippen LogP contribution in [0, 0.1) is 0 Å². The van der Waals surface area contributed by atoms with Gasteiger partial charge in [0.15, 0.2) is 0 Å². The van der Waals surface area contributed by atoms with E-state index < -0.39 is 6.09 Å². The number of hydrogen-bond acceptors (Lipinski definition) is 2. The van der Waals surface area contributed by atoms with Gasteiger partial charge in [0.2, 0.25) is 0 Å². The lowest BCUT2D eigenvalue weighted by Crippen LogP contribution is -2.29. The number of para-hydroxylation sites is 1. The molecule has 0 bridgehead atoms. The minimum Gasteiger partial charge on any atom is -0.465 e. The molecule has 2 rings (SSSR count). The number of nitrogens with two attached hydrogens (primary N) is 1. The molecule has 1 aromatic rings. The molecule has 0 spiro atoms. The number of rotatable bonds is 1. The lowest BCUT2D eigenvalue weighted by molar-refractivity contribution is 0.202. The summed E-state index contributed by atoms with van der Waals surface area (Å²) in [6.45, 7) is 0.964. The summed E-state index contributed by atoms with van der Waals surface area (Å²) in [5, 5.41) is 8.96. The van der Waals surface area contributed by atoms with Gasteiger partial charge < -0.3 is 10.8 Å². The fourth-order valence-electron chi connectivity index (χ4n) is 1.88. The molecule has 0 aliphatic carbocycles. The summed E-state index contributed by atoms with van der Waals surface area (Å²) in [7, 11) is 0. The van der Waals surface area contributed by atoms with Gasteiger partial charge in [0, 0.05) is 19.0 Å². The van der Waals surface area contributed by atoms with Crippen LogP contribution in [0.25, 0.3) is 0 Å². The molecule has 0 saturated heterocycles. The first-order valence-electron chi connectivity index (χ1n) is 4.53. The van der Waals surface area contributed by atoms with Crippen LogP contribution in [0.4, 0.5) is 10.5 Å². The maximum absolute atomic E-state index is 10.9. The SMILES string of the molecule is NCC1CN(C(=O)O)c2ccccc21. The second kappa shape index (κ2) is 3.31. The summed E-state index contributed by atoms with van der Waals surface area (Å²) in [4.78, 5) is 12.3. The van der Waals surface area contributed by atoms with E-state index in [-0.39, 0.29) is 5.92 Å². The van der Waals surface area contributed by atoms with Crippen molar-refractivity contribution in [2.45, 2.75) is 5.92 Å². The predicted octanol–water partition coefficient (Wildman–Crippen LogP) is 1.23. The van der Waals surface area contributed by atoms with Gasteiger partial charge in [-0.3, -0.25) is 4.90 Å². The molecule has 0 aromatic heterocycles. The predicted molar refractivity (Wildman–Crippen MR) is 53.6 cm³/mol. The van der Waals surface area contributed by atoms with Crippen LogP contribution in [0.3, 0.4) is 0 Å². The summed E-state index contributed by atoms with van der Waals surface area (Å²) in [6.07, 6.45) is -0.909. The first-order valence-corrected chi connectivity index (χ1v) is 4.53. The van der Waals surface area contributed by atoms with Gasteiger partial charge in [0.25, 0.3) is 0 Å². The molecule has 4 nitrogen and oxygen atoms in total. The van der Waals surface area contributed by atoms with Gasteiger partial charge in [0.1, 0.15) is 0 Å². The third-order valence-corrected chi connectivity index (χ3v) is 2.59. The standard InChI is InChI=1S/C10H12N2O2/c11-5-7-6-12(10(13)14)9-4-2-1-3-8(7)9/h1-4,7H,5-6,11H2,(H,13,14). The molecule has 1 heterocycles. The van der Waals surface area contributed by atoms with Crippen molar-refractivity contribution >= 4 is 11.8 Å². The maximum Gasteiger partial charge on any atom is 0.411 e. The zero-order valence-corrected chi connectivity index (χ0v) is 7.68. The number of carbonyl (C=O) groups is 1. The molecule has 3 N–H and O–H groups in total. The van der Waals surface area contributed by atoms with E-state index in [1.165, 1.54) is 4.90 Å². The molecule has 74 valence electrons. The van der Waals surface area contributed by atoms with E-state index in [2.05, 4.69) is 0 Å². The van der Waals surface area contributed by atoms with Crippen LogP contribution in [0.5, 0.6) is 0 Å². The normalized spacial score (nSPS) is 19.5. The van der Waals surface area contributed by atoms with Gasteiger partial charge in [-0.25, -0.2) is 4.79 Å². The Bertz CT molecular complexity index is 365. The summed E-state index contributed by atoms with van der Waals surface area (Å²) >= 11 is 0. The monoisotopic (exact) mass is 192 g/mol. The smallest absolute Gasteiger partial charge is 0.411 e. The minimum atomic E-state index is -0.909. The van der Waals surface area contributed by atoms with Crippen LogP contribution >= 0.6 is 0 Å². The third kappa shape index (κ3) is 1.24. The first kappa shape index (κ1) is 9.02. The number of anilines is 1. The number of nitrogens with zero attached hydrogens (tertiary/aromatic N) is 1. The topological polar surface area (TPSA) is 66.6 Å². The Labute approximate surface area is 81.9 Å². The number of amides is 1. The van der Waals surface area contributed by atoms with Crippen molar-refractivity contribution in [1.82, 2.24) is 0 Å². The largest absolute Gasteiger partial charge is 0.465 e. The molecule has 0 saturated carbocycles. The average Bonchev–Trinajstić information content (AvgIpc) is 2.56. The fourth-order valence-corrected chi connectivity index (χ4v) is 1.88. The van der Waals surface area contributed by atoms with Gasteiger partial charge in [-0.15, -0.1) is 0 Å². The Morgan fingerprint density at radius 3 is 2.93 bits per heavy atom. The Hall–Kier alpha value is -1.55. The van der Waals surface area contributed by atoms with E-state index in [1.807, 2.05) is 24.3 Å². The van der Waals surface area contributed by atoms with Crippen LogP contribution in [0.2, 0.25) is 0 Å². The molecule has 1 aromatic carbocycles. The molecule has 0 radical (unpaired) electrons. The number of fused-ring (bicyclic) bond motifs is 1. The molecule has 1 aliphatic rings. The summed E-state index contributed by atoms with van der Waals surface area (Å²) in [6, 6.07) is 7.51. The van der Waals surface area contributed by atoms with Gasteiger partial charge in [-0.1, -0.05) is 18.2 Å². The van der Waals surface area contributed by atoms with Crippen LogP contribution in [-0.2, 0) is 0 Å². The van der Waals surface area contributed by atoms with Crippen LogP contribution in [0.15, 0.2) is 24.3 Å². The highest BCUT2D eigenvalue weighted by Crippen LogP contribution is 2.35. The third-order valence-electron chi connectivity index (χ3n) is 2.59. The Morgan fingerprint density at radius 1 is 1.57 bits per heavy atom. The molecule has 4 heteroatoms. The number of hydrogen-bond donors (Lipinski definition) is 2. The van der Waals surface area contributed by atoms with Gasteiger partial charge in [-0.2, -0.15) is 0 Å². The Morgan fingerprint density at radius 2 is 2.29 bits per heavy atom. The van der Waals surface area contributed by atoms with Crippen molar-refractivity contribution in [3.05, 3.63) is 29.8 Å². The Kier molecular flexibility index (Phi) is 2.13. The number of benzene rings is 1. The zero-order valence-electron chi connectivity index (χ0n) is 7.68. The van der Waals surface area contributed by atoms with Gasteiger partial charge >= 0.3 is 6.09 Å². The first-order chi connectivity index (χ1) is 6.74. The minimum absolute atomic E-state index is 0.141. The van der Waals surface area contributed by atoms with Crippen LogP contribution in [-0.4, -0.2) is 24.3 Å². The quantitative estimate of drug-likeness (QED) is 0.703. The van der Waals surface area contributed by atoms with Crippen molar-refractivity contribution < 1.29 is 9.90 Å². The zero-order chi connectivity index (χ0) is 10.1. The van der Waals surface area contributed by atoms with E-state index in [4.69, 9.17) is 10.8 Å². The molecular weight excluding hydrogens is 180 g/mol. The van der Waals surface area contributed by atoms with Crippen LogP contribution in [0.1, 0.15) is 11.5 Å². The van der Waals surface area contributed by atoms with Crippen molar-refractivity contribution in [2.24, 2.45) is 5.73 Å². The average molecular weight is 192 g/mol. The van der Waals surface area contributed by atoms with Crippen LogP contribution < -0.4 is 10.6 Å². The lowest BCUT2D eigenvalue weighted by atomic mass is 10.0. The maximum atomic E-state index is 10.9. The molecule has 1 atom stereocenters. The Balaban J connectivity index is 2.43. The molecule has 14 heavy (non-hydrogen) atoms. The summed E-state index contributed by atoms with van der Waals surface area (Å²) < 4.78 is 0. The van der Waals surface area contributed by atoms with Crippen molar-refractivity contribution in [3.63, 3.8) is 0 Å². The number of carboxylic acid groups (broad SMARTS) is 1. The van der Waals surface area contributed by atoms with E-state index >= 15 is 0 Å². The molecule has 1 amide bonds. The second-order valence-electron chi connectivity index (χ2n) is 3.38. The molecule has 1 unspecified atom stereocenters. The van der Waals surface area contributed by atoms with Gasteiger partial charge in [-0.05, 0) is 11.6 Å². The molecule has 0 fully saturated rings.